The van der Waals surface area contributed by atoms with Gasteiger partial charge < -0.3 is 15.1 Å². The Morgan fingerprint density at radius 2 is 2.04 bits per heavy atom. The second-order valence-electron chi connectivity index (χ2n) is 5.20. The summed E-state index contributed by atoms with van der Waals surface area (Å²) in [5.41, 5.74) is 1.51. The Labute approximate surface area is 145 Å². The van der Waals surface area contributed by atoms with Crippen LogP contribution in [-0.2, 0) is 11.8 Å². The van der Waals surface area contributed by atoms with Gasteiger partial charge >= 0.3 is 0 Å². The van der Waals surface area contributed by atoms with Gasteiger partial charge in [0, 0.05) is 35.4 Å². The third-order valence-corrected chi connectivity index (χ3v) is 4.29. The van der Waals surface area contributed by atoms with Crippen molar-refractivity contribution >= 4 is 44.1 Å². The number of fused-ring (bicyclic) bond motifs is 1. The summed E-state index contributed by atoms with van der Waals surface area (Å²) in [6, 6.07) is 11.7. The number of oxime groups is 1. The highest BCUT2D eigenvalue weighted by molar-refractivity contribution is 9.10. The van der Waals surface area contributed by atoms with Crippen molar-refractivity contribution in [2.45, 2.75) is 0 Å². The van der Waals surface area contributed by atoms with Gasteiger partial charge in [-0.15, -0.1) is 0 Å². The molecular formula is C17H13BrFN3O2. The largest absolute Gasteiger partial charge is 0.410 e. The van der Waals surface area contributed by atoms with Crippen LogP contribution >= 0.6 is 15.9 Å². The van der Waals surface area contributed by atoms with E-state index in [0.717, 1.165) is 10.9 Å². The number of para-hydroxylation sites is 1. The zero-order valence-corrected chi connectivity index (χ0v) is 14.2. The molecule has 1 amide bonds. The molecule has 24 heavy (non-hydrogen) atoms. The van der Waals surface area contributed by atoms with E-state index < -0.39 is 11.7 Å². The van der Waals surface area contributed by atoms with Gasteiger partial charge in [-0.3, -0.25) is 4.79 Å². The first kappa shape index (κ1) is 16.2. The second kappa shape index (κ2) is 6.45. The van der Waals surface area contributed by atoms with E-state index in [2.05, 4.69) is 26.4 Å². The number of hydrogen-bond donors (Lipinski definition) is 2. The van der Waals surface area contributed by atoms with E-state index in [0.29, 0.717) is 10.0 Å². The van der Waals surface area contributed by atoms with Crippen molar-refractivity contribution in [1.29, 1.82) is 0 Å². The van der Waals surface area contributed by atoms with E-state index in [1.807, 2.05) is 35.9 Å². The Balaban J connectivity index is 1.96. The number of anilines is 1. The lowest BCUT2D eigenvalue weighted by Crippen LogP contribution is -2.24. The second-order valence-corrected chi connectivity index (χ2v) is 6.06. The Morgan fingerprint density at radius 3 is 2.75 bits per heavy atom. The van der Waals surface area contributed by atoms with Gasteiger partial charge in [0.2, 0.25) is 0 Å². The molecule has 0 saturated carbocycles. The van der Waals surface area contributed by atoms with Crippen molar-refractivity contribution in [2.75, 3.05) is 5.32 Å². The molecule has 5 nitrogen and oxygen atoms in total. The number of amides is 1. The number of nitrogens with zero attached hydrogens (tertiary/aromatic N) is 2. The first-order valence-corrected chi connectivity index (χ1v) is 7.83. The molecule has 0 unspecified atom stereocenters. The molecule has 0 aliphatic carbocycles. The summed E-state index contributed by atoms with van der Waals surface area (Å²) < 4.78 is 15.7. The van der Waals surface area contributed by atoms with Crippen molar-refractivity contribution in [1.82, 2.24) is 4.57 Å². The van der Waals surface area contributed by atoms with Gasteiger partial charge in [-0.1, -0.05) is 23.4 Å². The molecule has 0 atom stereocenters. The van der Waals surface area contributed by atoms with Gasteiger partial charge in [0.25, 0.3) is 5.91 Å². The fraction of sp³-hybridized carbons (Fsp3) is 0.0588. The minimum atomic E-state index is -0.629. The Kier molecular flexibility index (Phi) is 4.35. The van der Waals surface area contributed by atoms with E-state index >= 15 is 0 Å². The lowest BCUT2D eigenvalue weighted by atomic mass is 10.1. The number of carbonyl (C=O) groups excluding carboxylic acids is 1. The summed E-state index contributed by atoms with van der Waals surface area (Å²) in [5, 5.41) is 15.8. The van der Waals surface area contributed by atoms with Crippen molar-refractivity contribution in [3.63, 3.8) is 0 Å². The summed E-state index contributed by atoms with van der Waals surface area (Å²) >= 11 is 3.05. The van der Waals surface area contributed by atoms with Gasteiger partial charge in [-0.25, -0.2) is 4.39 Å². The number of halogens is 2. The van der Waals surface area contributed by atoms with Crippen LogP contribution < -0.4 is 5.32 Å². The summed E-state index contributed by atoms with van der Waals surface area (Å²) in [6.07, 6.45) is 1.71. The topological polar surface area (TPSA) is 66.6 Å². The molecule has 0 bridgehead atoms. The van der Waals surface area contributed by atoms with E-state index in [9.17, 15) is 14.4 Å². The average molecular weight is 390 g/mol. The minimum Gasteiger partial charge on any atom is -0.410 e. The minimum absolute atomic E-state index is 0.143. The Hall–Kier alpha value is -2.67. The summed E-state index contributed by atoms with van der Waals surface area (Å²) in [6.45, 7) is 0. The zero-order valence-electron chi connectivity index (χ0n) is 12.6. The molecule has 0 saturated heterocycles. The predicted molar refractivity (Wildman–Crippen MR) is 94.0 cm³/mol. The lowest BCUT2D eigenvalue weighted by molar-refractivity contribution is -0.110. The van der Waals surface area contributed by atoms with Crippen molar-refractivity contribution in [2.24, 2.45) is 12.2 Å². The molecule has 2 N–H and O–H groups in total. The van der Waals surface area contributed by atoms with Crippen LogP contribution in [-0.4, -0.2) is 21.4 Å². The van der Waals surface area contributed by atoms with E-state index in [1.165, 1.54) is 12.1 Å². The highest BCUT2D eigenvalue weighted by Gasteiger charge is 2.20. The maximum absolute atomic E-state index is 13.6. The summed E-state index contributed by atoms with van der Waals surface area (Å²) in [4.78, 5) is 12.4. The van der Waals surface area contributed by atoms with Gasteiger partial charge in [-0.2, -0.15) is 0 Å². The third-order valence-electron chi connectivity index (χ3n) is 3.64. The summed E-state index contributed by atoms with van der Waals surface area (Å²) in [7, 11) is 1.84. The smallest absolute Gasteiger partial charge is 0.278 e. The molecule has 0 aliphatic rings. The SMILES string of the molecule is Cn1cc(/C(=N\O)C(=O)Nc2ccc(Br)c(F)c2)c2ccccc21. The van der Waals surface area contributed by atoms with Crippen LogP contribution in [0.5, 0.6) is 0 Å². The molecular weight excluding hydrogens is 377 g/mol. The number of aromatic nitrogens is 1. The van der Waals surface area contributed by atoms with Gasteiger partial charge in [0.15, 0.2) is 5.71 Å². The van der Waals surface area contributed by atoms with E-state index in [4.69, 9.17) is 0 Å². The lowest BCUT2D eigenvalue weighted by Gasteiger charge is -2.07. The maximum atomic E-state index is 13.6. The van der Waals surface area contributed by atoms with Crippen LogP contribution in [0.15, 0.2) is 58.3 Å². The summed E-state index contributed by atoms with van der Waals surface area (Å²) in [5.74, 6) is -1.13. The monoisotopic (exact) mass is 389 g/mol. The molecule has 3 aromatic rings. The molecule has 0 fully saturated rings. The normalized spacial score (nSPS) is 11.7. The number of nitrogens with one attached hydrogen (secondary N) is 1. The van der Waals surface area contributed by atoms with Crippen molar-refractivity contribution < 1.29 is 14.4 Å². The van der Waals surface area contributed by atoms with Crippen molar-refractivity contribution in [3.8, 4) is 0 Å². The van der Waals surface area contributed by atoms with Gasteiger partial charge in [-0.05, 0) is 40.2 Å². The average Bonchev–Trinajstić information content (AvgIpc) is 2.89. The standard InChI is InChI=1S/C17H13BrFN3O2/c1-22-9-12(11-4-2-3-5-15(11)22)16(21-24)17(23)20-10-6-7-13(18)14(19)8-10/h2-9,24H,1H3,(H,20,23)/b21-16+. The van der Waals surface area contributed by atoms with Gasteiger partial charge in [0.05, 0.1) is 4.47 Å². The van der Waals surface area contributed by atoms with Crippen molar-refractivity contribution in [3.05, 3.63) is 64.5 Å². The number of hydrogen-bond acceptors (Lipinski definition) is 3. The highest BCUT2D eigenvalue weighted by atomic mass is 79.9. The van der Waals surface area contributed by atoms with Crippen LogP contribution in [0.2, 0.25) is 0 Å². The molecule has 1 aromatic heterocycles. The number of benzene rings is 2. The fourth-order valence-electron chi connectivity index (χ4n) is 2.52. The maximum Gasteiger partial charge on any atom is 0.278 e. The molecule has 3 rings (SSSR count). The predicted octanol–water partition coefficient (Wildman–Crippen LogP) is 3.90. The molecule has 2 aromatic carbocycles. The first-order valence-electron chi connectivity index (χ1n) is 7.04. The Bertz CT molecular complexity index is 966. The first-order chi connectivity index (χ1) is 11.5. The van der Waals surface area contributed by atoms with Crippen LogP contribution in [0.3, 0.4) is 0 Å². The molecule has 7 heteroatoms. The Morgan fingerprint density at radius 1 is 1.29 bits per heavy atom. The van der Waals surface area contributed by atoms with Crippen LogP contribution in [0.4, 0.5) is 10.1 Å². The number of aryl methyl sites for hydroxylation is 1. The fourth-order valence-corrected chi connectivity index (χ4v) is 2.76. The molecule has 0 spiro atoms. The van der Waals surface area contributed by atoms with Crippen LogP contribution in [0, 0.1) is 5.82 Å². The third kappa shape index (κ3) is 2.90. The van der Waals surface area contributed by atoms with E-state index in [1.54, 1.807) is 12.3 Å². The quantitative estimate of drug-likeness (QED) is 0.405. The molecule has 1 heterocycles. The number of rotatable bonds is 3. The van der Waals surface area contributed by atoms with Crippen LogP contribution in [0.1, 0.15) is 5.56 Å². The number of carbonyl (C=O) groups is 1. The van der Waals surface area contributed by atoms with E-state index in [-0.39, 0.29) is 11.4 Å². The molecule has 0 radical (unpaired) electrons. The molecule has 122 valence electrons. The van der Waals surface area contributed by atoms with Gasteiger partial charge in [0.1, 0.15) is 5.82 Å². The highest BCUT2D eigenvalue weighted by Crippen LogP contribution is 2.23. The molecule has 0 aliphatic heterocycles. The zero-order chi connectivity index (χ0) is 17.3. The van der Waals surface area contributed by atoms with Crippen LogP contribution in [0.25, 0.3) is 10.9 Å².